The van der Waals surface area contributed by atoms with E-state index in [1.807, 2.05) is 0 Å². The Morgan fingerprint density at radius 1 is 1.50 bits per heavy atom. The molecular formula is C13H17FN2O2. The van der Waals surface area contributed by atoms with Gasteiger partial charge in [-0.1, -0.05) is 0 Å². The van der Waals surface area contributed by atoms with E-state index in [0.717, 1.165) is 25.3 Å². The maximum Gasteiger partial charge on any atom is 0.257 e. The average molecular weight is 252 g/mol. The summed E-state index contributed by atoms with van der Waals surface area (Å²) in [6, 6.07) is 3.76. The van der Waals surface area contributed by atoms with E-state index in [2.05, 4.69) is 0 Å². The molecule has 1 amide bonds. The van der Waals surface area contributed by atoms with Crippen LogP contribution in [0.1, 0.15) is 29.6 Å². The fourth-order valence-electron chi connectivity index (χ4n) is 2.12. The summed E-state index contributed by atoms with van der Waals surface area (Å²) in [6.07, 6.45) is 2.99. The van der Waals surface area contributed by atoms with E-state index >= 15 is 0 Å². The van der Waals surface area contributed by atoms with Gasteiger partial charge in [0, 0.05) is 25.2 Å². The Bertz CT molecular complexity index is 447. The van der Waals surface area contributed by atoms with Gasteiger partial charge in [-0.2, -0.15) is 0 Å². The molecule has 98 valence electrons. The summed E-state index contributed by atoms with van der Waals surface area (Å²) in [7, 11) is 0. The van der Waals surface area contributed by atoms with Crippen LogP contribution in [0, 0.1) is 5.82 Å². The number of nitrogens with zero attached hydrogens (tertiary/aromatic N) is 1. The molecule has 0 atom stereocenters. The van der Waals surface area contributed by atoms with E-state index in [0.29, 0.717) is 13.1 Å². The number of phenols is 1. The molecule has 1 aromatic rings. The van der Waals surface area contributed by atoms with Crippen molar-refractivity contribution in [2.45, 2.75) is 25.3 Å². The van der Waals surface area contributed by atoms with Crippen molar-refractivity contribution in [3.05, 3.63) is 29.6 Å². The Morgan fingerprint density at radius 3 is 2.72 bits per heavy atom. The van der Waals surface area contributed by atoms with E-state index in [1.165, 1.54) is 12.1 Å². The molecule has 0 radical (unpaired) electrons. The zero-order chi connectivity index (χ0) is 13.1. The van der Waals surface area contributed by atoms with Crippen molar-refractivity contribution >= 4 is 5.91 Å². The second kappa shape index (κ2) is 5.35. The number of halogens is 1. The second-order valence-electron chi connectivity index (χ2n) is 4.54. The molecule has 0 aliphatic heterocycles. The first-order valence-electron chi connectivity index (χ1n) is 6.13. The van der Waals surface area contributed by atoms with Crippen LogP contribution in [-0.4, -0.2) is 35.0 Å². The first-order valence-corrected chi connectivity index (χ1v) is 6.13. The summed E-state index contributed by atoms with van der Waals surface area (Å²) >= 11 is 0. The molecule has 2 rings (SSSR count). The van der Waals surface area contributed by atoms with Gasteiger partial charge < -0.3 is 15.7 Å². The fraction of sp³-hybridized carbons (Fsp3) is 0.462. The summed E-state index contributed by atoms with van der Waals surface area (Å²) in [6.45, 7) is 0.797. The number of nitrogens with two attached hydrogens (primary N) is 1. The first kappa shape index (κ1) is 12.8. The lowest BCUT2D eigenvalue weighted by atomic mass is 9.91. The average Bonchev–Trinajstić information content (AvgIpc) is 2.25. The lowest BCUT2D eigenvalue weighted by molar-refractivity contribution is 0.0584. The van der Waals surface area contributed by atoms with Crippen LogP contribution in [0.3, 0.4) is 0 Å². The van der Waals surface area contributed by atoms with Gasteiger partial charge in [-0.15, -0.1) is 0 Å². The Hall–Kier alpha value is -1.62. The van der Waals surface area contributed by atoms with Gasteiger partial charge in [-0.3, -0.25) is 4.79 Å². The number of hydrogen-bond donors (Lipinski definition) is 2. The smallest absolute Gasteiger partial charge is 0.257 e. The van der Waals surface area contributed by atoms with E-state index < -0.39 is 5.82 Å². The Morgan fingerprint density at radius 2 is 2.22 bits per heavy atom. The molecule has 5 heteroatoms. The SMILES string of the molecule is NCCN(C(=O)c1ccc(O)cc1F)C1CCC1. The van der Waals surface area contributed by atoms with Crippen molar-refractivity contribution in [3.8, 4) is 5.75 Å². The number of phenolic OH excluding ortho intramolecular Hbond substituents is 1. The standard InChI is InChI=1S/C13H17FN2O2/c14-12-8-10(17)4-5-11(12)13(18)16(7-6-15)9-2-1-3-9/h4-5,8-9,17H,1-3,6-7,15H2. The zero-order valence-electron chi connectivity index (χ0n) is 10.1. The Labute approximate surface area is 105 Å². The molecule has 18 heavy (non-hydrogen) atoms. The van der Waals surface area contributed by atoms with Crippen LogP contribution in [0.25, 0.3) is 0 Å². The van der Waals surface area contributed by atoms with Crippen molar-refractivity contribution in [1.82, 2.24) is 4.90 Å². The van der Waals surface area contributed by atoms with Crippen molar-refractivity contribution in [2.75, 3.05) is 13.1 Å². The first-order chi connectivity index (χ1) is 8.63. The van der Waals surface area contributed by atoms with Gasteiger partial charge in [0.05, 0.1) is 5.56 Å². The highest BCUT2D eigenvalue weighted by atomic mass is 19.1. The summed E-state index contributed by atoms with van der Waals surface area (Å²) in [5.41, 5.74) is 5.49. The monoisotopic (exact) mass is 252 g/mol. The van der Waals surface area contributed by atoms with Gasteiger partial charge in [0.25, 0.3) is 5.91 Å². The number of amides is 1. The highest BCUT2D eigenvalue weighted by Gasteiger charge is 2.30. The molecule has 3 N–H and O–H groups in total. The van der Waals surface area contributed by atoms with Gasteiger partial charge >= 0.3 is 0 Å². The third-order valence-corrected chi connectivity index (χ3v) is 3.33. The van der Waals surface area contributed by atoms with Crippen molar-refractivity contribution in [2.24, 2.45) is 5.73 Å². The van der Waals surface area contributed by atoms with Crippen LogP contribution >= 0.6 is 0 Å². The predicted octanol–water partition coefficient (Wildman–Crippen LogP) is 1.48. The molecule has 0 spiro atoms. The van der Waals surface area contributed by atoms with Crippen LogP contribution < -0.4 is 5.73 Å². The molecule has 0 unspecified atom stereocenters. The molecule has 1 saturated carbocycles. The summed E-state index contributed by atoms with van der Waals surface area (Å²) in [5.74, 6) is -1.22. The fourth-order valence-corrected chi connectivity index (χ4v) is 2.12. The van der Waals surface area contributed by atoms with Crippen LogP contribution in [0.5, 0.6) is 5.75 Å². The van der Waals surface area contributed by atoms with Gasteiger partial charge in [0.1, 0.15) is 11.6 Å². The molecule has 1 fully saturated rings. The van der Waals surface area contributed by atoms with E-state index in [9.17, 15) is 9.18 Å². The number of rotatable bonds is 4. The number of aromatic hydroxyl groups is 1. The Balaban J connectivity index is 2.21. The van der Waals surface area contributed by atoms with Gasteiger partial charge in [0.15, 0.2) is 0 Å². The maximum atomic E-state index is 13.6. The molecule has 4 nitrogen and oxygen atoms in total. The maximum absolute atomic E-state index is 13.6. The third-order valence-electron chi connectivity index (χ3n) is 3.33. The summed E-state index contributed by atoms with van der Waals surface area (Å²) in [5, 5.41) is 9.14. The predicted molar refractivity (Wildman–Crippen MR) is 65.8 cm³/mol. The van der Waals surface area contributed by atoms with Crippen LogP contribution in [-0.2, 0) is 0 Å². The normalized spacial score (nSPS) is 15.2. The number of benzene rings is 1. The minimum Gasteiger partial charge on any atom is -0.508 e. The minimum atomic E-state index is -0.693. The van der Waals surface area contributed by atoms with E-state index in [4.69, 9.17) is 10.8 Å². The highest BCUT2D eigenvalue weighted by Crippen LogP contribution is 2.27. The lowest BCUT2D eigenvalue weighted by Crippen LogP contribution is -2.46. The highest BCUT2D eigenvalue weighted by molar-refractivity contribution is 5.95. The summed E-state index contributed by atoms with van der Waals surface area (Å²) < 4.78 is 13.6. The van der Waals surface area contributed by atoms with E-state index in [-0.39, 0.29) is 23.3 Å². The van der Waals surface area contributed by atoms with Crippen LogP contribution in [0.4, 0.5) is 4.39 Å². The zero-order valence-corrected chi connectivity index (χ0v) is 10.1. The van der Waals surface area contributed by atoms with Crippen LogP contribution in [0.15, 0.2) is 18.2 Å². The van der Waals surface area contributed by atoms with Crippen molar-refractivity contribution in [3.63, 3.8) is 0 Å². The van der Waals surface area contributed by atoms with Gasteiger partial charge in [-0.05, 0) is 31.4 Å². The number of hydrogen-bond acceptors (Lipinski definition) is 3. The number of carbonyl (C=O) groups is 1. The van der Waals surface area contributed by atoms with Gasteiger partial charge in [-0.25, -0.2) is 4.39 Å². The minimum absolute atomic E-state index is 0.00634. The lowest BCUT2D eigenvalue weighted by Gasteiger charge is -2.37. The largest absolute Gasteiger partial charge is 0.508 e. The molecule has 1 aromatic carbocycles. The summed E-state index contributed by atoms with van der Waals surface area (Å²) in [4.78, 5) is 13.9. The molecule has 1 aliphatic rings. The van der Waals surface area contributed by atoms with Crippen molar-refractivity contribution in [1.29, 1.82) is 0 Å². The molecular weight excluding hydrogens is 235 g/mol. The second-order valence-corrected chi connectivity index (χ2v) is 4.54. The quantitative estimate of drug-likeness (QED) is 0.853. The molecule has 0 bridgehead atoms. The number of carbonyl (C=O) groups excluding carboxylic acids is 1. The molecule has 0 heterocycles. The van der Waals surface area contributed by atoms with Gasteiger partial charge in [0.2, 0.25) is 0 Å². The third kappa shape index (κ3) is 2.46. The van der Waals surface area contributed by atoms with E-state index in [1.54, 1.807) is 4.90 Å². The van der Waals surface area contributed by atoms with Crippen molar-refractivity contribution < 1.29 is 14.3 Å². The van der Waals surface area contributed by atoms with Crippen LogP contribution in [0.2, 0.25) is 0 Å². The molecule has 0 saturated heterocycles. The molecule has 0 aromatic heterocycles. The Kier molecular flexibility index (Phi) is 3.81. The molecule has 1 aliphatic carbocycles. The topological polar surface area (TPSA) is 66.6 Å².